The van der Waals surface area contributed by atoms with E-state index in [0.29, 0.717) is 6.61 Å². The largest absolute Gasteiger partial charge is 0.463 e. The molecule has 3 nitrogen and oxygen atoms in total. The second-order valence-corrected chi connectivity index (χ2v) is 3.93. The van der Waals surface area contributed by atoms with Crippen LogP contribution in [0, 0.1) is 0 Å². The highest BCUT2D eigenvalue weighted by Gasteiger charge is 2.25. The van der Waals surface area contributed by atoms with Crippen molar-refractivity contribution in [2.75, 3.05) is 6.61 Å². The number of allylic oxidation sites excluding steroid dienone is 1. The first-order valence-corrected chi connectivity index (χ1v) is 4.69. The van der Waals surface area contributed by atoms with Gasteiger partial charge in [0.25, 0.3) is 0 Å². The van der Waals surface area contributed by atoms with Gasteiger partial charge in [-0.1, -0.05) is 0 Å². The van der Waals surface area contributed by atoms with Gasteiger partial charge in [0.2, 0.25) is 0 Å². The lowest BCUT2D eigenvalue weighted by molar-refractivity contribution is -0.137. The number of hydrogen-bond donors (Lipinski definition) is 1. The van der Waals surface area contributed by atoms with Crippen LogP contribution < -0.4 is 5.32 Å². The van der Waals surface area contributed by atoms with Gasteiger partial charge in [-0.15, -0.1) is 0 Å². The molecule has 0 saturated carbocycles. The minimum absolute atomic E-state index is 0.123. The van der Waals surface area contributed by atoms with Gasteiger partial charge in [-0.3, -0.25) is 0 Å². The second kappa shape index (κ2) is 3.81. The summed E-state index contributed by atoms with van der Waals surface area (Å²) in [4.78, 5) is 11.1. The van der Waals surface area contributed by atoms with E-state index in [1.807, 2.05) is 6.92 Å². The molecule has 0 aromatic carbocycles. The molecule has 0 spiro atoms. The fraction of sp³-hybridized carbons (Fsp3) is 0.700. The van der Waals surface area contributed by atoms with Gasteiger partial charge < -0.3 is 10.1 Å². The summed E-state index contributed by atoms with van der Waals surface area (Å²) in [6.07, 6.45) is 3.56. The van der Waals surface area contributed by atoms with Crippen molar-refractivity contribution in [3.63, 3.8) is 0 Å². The highest BCUT2D eigenvalue weighted by molar-refractivity contribution is 5.82. The Bertz CT molecular complexity index is 231. The van der Waals surface area contributed by atoms with Crippen LogP contribution in [0.15, 0.2) is 11.8 Å². The van der Waals surface area contributed by atoms with Crippen LogP contribution >= 0.6 is 0 Å². The number of carbonyl (C=O) groups is 1. The van der Waals surface area contributed by atoms with E-state index in [-0.39, 0.29) is 11.5 Å². The van der Waals surface area contributed by atoms with Crippen molar-refractivity contribution in [1.82, 2.24) is 5.32 Å². The van der Waals surface area contributed by atoms with E-state index in [4.69, 9.17) is 4.74 Å². The number of carbonyl (C=O) groups excluding carboxylic acids is 1. The Morgan fingerprint density at radius 1 is 1.69 bits per heavy atom. The summed E-state index contributed by atoms with van der Waals surface area (Å²) in [5.74, 6) is -0.247. The molecule has 0 radical (unpaired) electrons. The lowest BCUT2D eigenvalue weighted by Gasteiger charge is -2.17. The molecule has 1 saturated heterocycles. The summed E-state index contributed by atoms with van der Waals surface area (Å²) in [6.45, 7) is 6.49. The lowest BCUT2D eigenvalue weighted by Crippen LogP contribution is -2.31. The van der Waals surface area contributed by atoms with Crippen molar-refractivity contribution >= 4 is 5.97 Å². The molecule has 74 valence electrons. The van der Waals surface area contributed by atoms with Crippen LogP contribution in [0.2, 0.25) is 0 Å². The molecular weight excluding hydrogens is 166 g/mol. The van der Waals surface area contributed by atoms with Crippen molar-refractivity contribution < 1.29 is 9.53 Å². The van der Waals surface area contributed by atoms with Crippen LogP contribution in [-0.2, 0) is 9.53 Å². The molecular formula is C10H17NO2. The number of hydrogen-bond acceptors (Lipinski definition) is 3. The summed E-state index contributed by atoms with van der Waals surface area (Å²) < 4.78 is 4.82. The van der Waals surface area contributed by atoms with E-state index in [1.165, 1.54) is 0 Å². The third-order valence-electron chi connectivity index (χ3n) is 2.10. The average Bonchev–Trinajstić information content (AvgIpc) is 2.30. The third kappa shape index (κ3) is 3.09. The highest BCUT2D eigenvalue weighted by Crippen LogP contribution is 2.24. The number of nitrogens with one attached hydrogen (secondary N) is 1. The minimum Gasteiger partial charge on any atom is -0.463 e. The molecule has 0 unspecified atom stereocenters. The molecule has 3 heteroatoms. The minimum atomic E-state index is -0.247. The van der Waals surface area contributed by atoms with Crippen molar-refractivity contribution in [1.29, 1.82) is 0 Å². The Hall–Kier alpha value is -0.990. The van der Waals surface area contributed by atoms with Gasteiger partial charge in [0.05, 0.1) is 6.61 Å². The molecule has 0 aromatic heterocycles. The SMILES string of the molecule is CCOC(=O)/C=C1/CCC(C)(C)N1. The van der Waals surface area contributed by atoms with Crippen LogP contribution in [0.25, 0.3) is 0 Å². The van der Waals surface area contributed by atoms with Crippen molar-refractivity contribution in [3.05, 3.63) is 11.8 Å². The maximum Gasteiger partial charge on any atom is 0.332 e. The molecule has 1 fully saturated rings. The van der Waals surface area contributed by atoms with E-state index in [0.717, 1.165) is 18.5 Å². The fourth-order valence-electron chi connectivity index (χ4n) is 1.44. The van der Waals surface area contributed by atoms with Gasteiger partial charge in [0.15, 0.2) is 0 Å². The molecule has 1 aliphatic rings. The van der Waals surface area contributed by atoms with E-state index in [9.17, 15) is 4.79 Å². The zero-order valence-corrected chi connectivity index (χ0v) is 8.52. The Morgan fingerprint density at radius 3 is 2.85 bits per heavy atom. The first-order chi connectivity index (χ1) is 6.03. The highest BCUT2D eigenvalue weighted by atomic mass is 16.5. The molecule has 0 aromatic rings. The van der Waals surface area contributed by atoms with E-state index in [2.05, 4.69) is 19.2 Å². The van der Waals surface area contributed by atoms with Gasteiger partial charge >= 0.3 is 5.97 Å². The zero-order chi connectivity index (χ0) is 9.90. The molecule has 0 aliphatic carbocycles. The smallest absolute Gasteiger partial charge is 0.332 e. The molecule has 13 heavy (non-hydrogen) atoms. The molecule has 1 N–H and O–H groups in total. The molecule has 0 atom stereocenters. The van der Waals surface area contributed by atoms with Crippen molar-refractivity contribution in [2.24, 2.45) is 0 Å². The van der Waals surface area contributed by atoms with E-state index < -0.39 is 0 Å². The molecule has 1 aliphatic heterocycles. The van der Waals surface area contributed by atoms with Crippen LogP contribution in [0.4, 0.5) is 0 Å². The third-order valence-corrected chi connectivity index (χ3v) is 2.10. The number of ether oxygens (including phenoxy) is 1. The predicted octanol–water partition coefficient (Wildman–Crippen LogP) is 1.60. The monoisotopic (exact) mass is 183 g/mol. The quantitative estimate of drug-likeness (QED) is 0.522. The summed E-state index contributed by atoms with van der Waals surface area (Å²) in [7, 11) is 0. The fourth-order valence-corrected chi connectivity index (χ4v) is 1.44. The lowest BCUT2D eigenvalue weighted by atomic mass is 10.0. The Labute approximate surface area is 79.2 Å². The second-order valence-electron chi connectivity index (χ2n) is 3.93. The van der Waals surface area contributed by atoms with Crippen LogP contribution in [0.3, 0.4) is 0 Å². The van der Waals surface area contributed by atoms with Crippen molar-refractivity contribution in [2.45, 2.75) is 39.2 Å². The van der Waals surface area contributed by atoms with E-state index >= 15 is 0 Å². The molecule has 1 rings (SSSR count). The Balaban J connectivity index is 2.50. The number of rotatable bonds is 2. The van der Waals surface area contributed by atoms with E-state index in [1.54, 1.807) is 6.08 Å². The first kappa shape index (κ1) is 10.1. The maximum atomic E-state index is 11.1. The summed E-state index contributed by atoms with van der Waals surface area (Å²) in [5.41, 5.74) is 1.11. The van der Waals surface area contributed by atoms with Crippen molar-refractivity contribution in [3.8, 4) is 0 Å². The maximum absolute atomic E-state index is 11.1. The predicted molar refractivity (Wildman–Crippen MR) is 51.2 cm³/mol. The van der Waals surface area contributed by atoms with Gasteiger partial charge in [0, 0.05) is 17.3 Å². The van der Waals surface area contributed by atoms with Crippen LogP contribution in [-0.4, -0.2) is 18.1 Å². The standard InChI is InChI=1S/C10H17NO2/c1-4-13-9(12)7-8-5-6-10(2,3)11-8/h7,11H,4-6H2,1-3H3/b8-7-. The first-order valence-electron chi connectivity index (χ1n) is 4.69. The summed E-state index contributed by atoms with van der Waals surface area (Å²) in [6, 6.07) is 0. The van der Waals surface area contributed by atoms with Crippen LogP contribution in [0.1, 0.15) is 33.6 Å². The van der Waals surface area contributed by atoms with Crippen LogP contribution in [0.5, 0.6) is 0 Å². The Kier molecular flexibility index (Phi) is 2.96. The topological polar surface area (TPSA) is 38.3 Å². The van der Waals surface area contributed by atoms with Gasteiger partial charge in [0.1, 0.15) is 0 Å². The number of esters is 1. The van der Waals surface area contributed by atoms with Gasteiger partial charge in [-0.05, 0) is 33.6 Å². The molecule has 1 heterocycles. The molecule has 0 bridgehead atoms. The zero-order valence-electron chi connectivity index (χ0n) is 8.52. The Morgan fingerprint density at radius 2 is 2.38 bits per heavy atom. The van der Waals surface area contributed by atoms with Gasteiger partial charge in [-0.25, -0.2) is 4.79 Å². The van der Waals surface area contributed by atoms with Gasteiger partial charge in [-0.2, -0.15) is 0 Å². The summed E-state index contributed by atoms with van der Waals surface area (Å²) >= 11 is 0. The normalized spacial score (nSPS) is 22.8. The average molecular weight is 183 g/mol. The molecule has 0 amide bonds. The summed E-state index contributed by atoms with van der Waals surface area (Å²) in [5, 5.41) is 3.28.